The fraction of sp³-hybridized carbons (Fsp3) is 0.222. The van der Waals surface area contributed by atoms with Crippen molar-refractivity contribution in [1.29, 1.82) is 0 Å². The van der Waals surface area contributed by atoms with Gasteiger partial charge in [-0.05, 0) is 22.8 Å². The van der Waals surface area contributed by atoms with E-state index in [1.54, 1.807) is 0 Å². The van der Waals surface area contributed by atoms with Crippen molar-refractivity contribution in [1.82, 2.24) is 0 Å². The fourth-order valence-electron chi connectivity index (χ4n) is 3.06. The van der Waals surface area contributed by atoms with Gasteiger partial charge in [0.05, 0.1) is 5.54 Å². The van der Waals surface area contributed by atoms with Gasteiger partial charge >= 0.3 is 0 Å². The first-order valence-electron chi connectivity index (χ1n) is 6.89. The van der Waals surface area contributed by atoms with Crippen molar-refractivity contribution in [3.63, 3.8) is 0 Å². The number of rotatable bonds is 2. The molecule has 1 nitrogen and oxygen atoms in total. The molecule has 0 aromatic heterocycles. The van der Waals surface area contributed by atoms with Gasteiger partial charge in [-0.25, -0.2) is 0 Å². The molecular formula is C18H19N. The molecule has 2 aromatic rings. The molecule has 96 valence electrons. The first kappa shape index (κ1) is 12.2. The summed E-state index contributed by atoms with van der Waals surface area (Å²) in [5.41, 5.74) is 7.59. The van der Waals surface area contributed by atoms with Crippen molar-refractivity contribution in [2.75, 3.05) is 0 Å². The summed E-state index contributed by atoms with van der Waals surface area (Å²) in [6, 6.07) is 14.9. The SMILES string of the molecule is CCC1C=CC=CC1(N)c1cccc2ccccc12. The minimum atomic E-state index is -0.398. The third kappa shape index (κ3) is 1.91. The summed E-state index contributed by atoms with van der Waals surface area (Å²) in [6.07, 6.45) is 9.57. The van der Waals surface area contributed by atoms with Crippen LogP contribution in [-0.4, -0.2) is 0 Å². The number of nitrogens with two attached hydrogens (primary N) is 1. The summed E-state index contributed by atoms with van der Waals surface area (Å²) in [6.45, 7) is 2.20. The lowest BCUT2D eigenvalue weighted by Crippen LogP contribution is -2.42. The molecule has 2 unspecified atom stereocenters. The molecular weight excluding hydrogens is 230 g/mol. The minimum Gasteiger partial charge on any atom is -0.318 e. The normalized spacial score (nSPS) is 25.9. The van der Waals surface area contributed by atoms with Crippen LogP contribution in [0.1, 0.15) is 18.9 Å². The van der Waals surface area contributed by atoms with Gasteiger partial charge in [0.25, 0.3) is 0 Å². The van der Waals surface area contributed by atoms with Gasteiger partial charge in [-0.2, -0.15) is 0 Å². The van der Waals surface area contributed by atoms with Crippen molar-refractivity contribution in [2.24, 2.45) is 11.7 Å². The molecule has 0 radical (unpaired) electrons. The van der Waals surface area contributed by atoms with E-state index in [0.29, 0.717) is 5.92 Å². The highest BCUT2D eigenvalue weighted by Crippen LogP contribution is 2.37. The van der Waals surface area contributed by atoms with Crippen LogP contribution in [0.4, 0.5) is 0 Å². The summed E-state index contributed by atoms with van der Waals surface area (Å²) < 4.78 is 0. The Kier molecular flexibility index (Phi) is 3.00. The zero-order chi connectivity index (χ0) is 13.3. The Labute approximate surface area is 114 Å². The molecule has 0 saturated carbocycles. The molecule has 3 rings (SSSR count). The van der Waals surface area contributed by atoms with Crippen molar-refractivity contribution >= 4 is 10.8 Å². The van der Waals surface area contributed by atoms with Crippen LogP contribution in [0.15, 0.2) is 66.8 Å². The maximum absolute atomic E-state index is 6.76. The van der Waals surface area contributed by atoms with E-state index in [2.05, 4.69) is 73.7 Å². The van der Waals surface area contributed by atoms with Crippen LogP contribution in [0.5, 0.6) is 0 Å². The zero-order valence-electron chi connectivity index (χ0n) is 11.2. The number of benzene rings is 2. The Balaban J connectivity index is 2.23. The molecule has 2 aromatic carbocycles. The lowest BCUT2D eigenvalue weighted by atomic mass is 9.73. The van der Waals surface area contributed by atoms with Gasteiger partial charge in [0.2, 0.25) is 0 Å². The third-order valence-corrected chi connectivity index (χ3v) is 4.14. The average molecular weight is 249 g/mol. The van der Waals surface area contributed by atoms with E-state index in [0.717, 1.165) is 6.42 Å². The molecule has 19 heavy (non-hydrogen) atoms. The van der Waals surface area contributed by atoms with Gasteiger partial charge in [-0.3, -0.25) is 0 Å². The van der Waals surface area contributed by atoms with Crippen LogP contribution in [0.25, 0.3) is 10.8 Å². The molecule has 0 fully saturated rings. The molecule has 1 aliphatic rings. The van der Waals surface area contributed by atoms with Crippen molar-refractivity contribution in [3.8, 4) is 0 Å². The number of hydrogen-bond acceptors (Lipinski definition) is 1. The zero-order valence-corrected chi connectivity index (χ0v) is 11.2. The Morgan fingerprint density at radius 3 is 2.68 bits per heavy atom. The van der Waals surface area contributed by atoms with Crippen molar-refractivity contribution in [3.05, 3.63) is 72.3 Å². The van der Waals surface area contributed by atoms with E-state index >= 15 is 0 Å². The quantitative estimate of drug-likeness (QED) is 0.850. The molecule has 0 bridgehead atoms. The second kappa shape index (κ2) is 4.67. The smallest absolute Gasteiger partial charge is 0.0668 e. The third-order valence-electron chi connectivity index (χ3n) is 4.14. The number of hydrogen-bond donors (Lipinski definition) is 1. The first-order chi connectivity index (χ1) is 9.25. The Morgan fingerprint density at radius 1 is 1.05 bits per heavy atom. The maximum Gasteiger partial charge on any atom is 0.0668 e. The highest BCUT2D eigenvalue weighted by atomic mass is 14.8. The Morgan fingerprint density at radius 2 is 1.84 bits per heavy atom. The molecule has 1 heteroatoms. The van der Waals surface area contributed by atoms with Gasteiger partial charge in [-0.15, -0.1) is 0 Å². The van der Waals surface area contributed by atoms with Crippen LogP contribution >= 0.6 is 0 Å². The second-order valence-electron chi connectivity index (χ2n) is 5.22. The second-order valence-corrected chi connectivity index (χ2v) is 5.22. The van der Waals surface area contributed by atoms with Crippen LogP contribution in [-0.2, 0) is 5.54 Å². The van der Waals surface area contributed by atoms with Crippen LogP contribution in [0.3, 0.4) is 0 Å². The topological polar surface area (TPSA) is 26.0 Å². The number of allylic oxidation sites excluding steroid dienone is 2. The van der Waals surface area contributed by atoms with Crippen LogP contribution in [0.2, 0.25) is 0 Å². The van der Waals surface area contributed by atoms with E-state index in [-0.39, 0.29) is 0 Å². The molecule has 0 spiro atoms. The maximum atomic E-state index is 6.76. The van der Waals surface area contributed by atoms with E-state index in [1.165, 1.54) is 16.3 Å². The van der Waals surface area contributed by atoms with Crippen molar-refractivity contribution < 1.29 is 0 Å². The molecule has 0 heterocycles. The van der Waals surface area contributed by atoms with E-state index in [4.69, 9.17) is 5.73 Å². The fourth-order valence-corrected chi connectivity index (χ4v) is 3.06. The van der Waals surface area contributed by atoms with Gasteiger partial charge < -0.3 is 5.73 Å². The minimum absolute atomic E-state index is 0.350. The lowest BCUT2D eigenvalue weighted by Gasteiger charge is -2.36. The Bertz CT molecular complexity index is 648. The number of fused-ring (bicyclic) bond motifs is 1. The van der Waals surface area contributed by atoms with Crippen molar-refractivity contribution in [2.45, 2.75) is 18.9 Å². The predicted octanol–water partition coefficient (Wildman–Crippen LogP) is 4.15. The summed E-state index contributed by atoms with van der Waals surface area (Å²) in [7, 11) is 0. The monoisotopic (exact) mass is 249 g/mol. The van der Waals surface area contributed by atoms with E-state index in [1.807, 2.05) is 0 Å². The largest absolute Gasteiger partial charge is 0.318 e. The lowest BCUT2D eigenvalue weighted by molar-refractivity contribution is 0.396. The standard InChI is InChI=1S/C18H19N/c1-2-15-10-5-6-13-18(15,19)17-12-7-9-14-8-3-4-11-16(14)17/h3-13,15H,2,19H2,1H3. The molecule has 1 aliphatic carbocycles. The van der Waals surface area contributed by atoms with Gasteiger partial charge in [0.1, 0.15) is 0 Å². The first-order valence-corrected chi connectivity index (χ1v) is 6.89. The molecule has 2 N–H and O–H groups in total. The molecule has 2 atom stereocenters. The van der Waals surface area contributed by atoms with Gasteiger partial charge in [-0.1, -0.05) is 73.7 Å². The predicted molar refractivity (Wildman–Crippen MR) is 81.9 cm³/mol. The van der Waals surface area contributed by atoms with Gasteiger partial charge in [0, 0.05) is 5.92 Å². The van der Waals surface area contributed by atoms with E-state index < -0.39 is 5.54 Å². The van der Waals surface area contributed by atoms with E-state index in [9.17, 15) is 0 Å². The highest BCUT2D eigenvalue weighted by Gasteiger charge is 2.33. The molecule has 0 amide bonds. The average Bonchev–Trinajstić information content (AvgIpc) is 2.47. The van der Waals surface area contributed by atoms with Crippen LogP contribution in [0, 0.1) is 5.92 Å². The highest BCUT2D eigenvalue weighted by molar-refractivity contribution is 5.87. The van der Waals surface area contributed by atoms with Crippen LogP contribution < -0.4 is 5.73 Å². The molecule has 0 aliphatic heterocycles. The van der Waals surface area contributed by atoms with Gasteiger partial charge in [0.15, 0.2) is 0 Å². The Hall–Kier alpha value is -1.86. The summed E-state index contributed by atoms with van der Waals surface area (Å²) >= 11 is 0. The summed E-state index contributed by atoms with van der Waals surface area (Å²) in [5, 5.41) is 2.51. The summed E-state index contributed by atoms with van der Waals surface area (Å²) in [5.74, 6) is 0.350. The molecule has 0 saturated heterocycles. The summed E-state index contributed by atoms with van der Waals surface area (Å²) in [4.78, 5) is 0.